The zero-order chi connectivity index (χ0) is 26.5. The number of benzene rings is 3. The predicted octanol–water partition coefficient (Wildman–Crippen LogP) is 6.38. The SMILES string of the molecule is Cc1ccc(-n2cc(-c3ccccc3)nc2NC(=O)CN(CC(C)C)C(=O)c2ccc(Cl)cc2)cc1F. The first-order chi connectivity index (χ1) is 17.7. The summed E-state index contributed by atoms with van der Waals surface area (Å²) in [5.74, 6) is -0.667. The molecule has 0 radical (unpaired) electrons. The maximum atomic E-state index is 14.4. The Morgan fingerprint density at radius 2 is 1.76 bits per heavy atom. The van der Waals surface area contributed by atoms with Crippen molar-refractivity contribution in [2.75, 3.05) is 18.4 Å². The van der Waals surface area contributed by atoms with Crippen LogP contribution in [0.15, 0.2) is 79.0 Å². The molecule has 1 aromatic heterocycles. The van der Waals surface area contributed by atoms with E-state index in [-0.39, 0.29) is 30.1 Å². The van der Waals surface area contributed by atoms with Gasteiger partial charge in [0.1, 0.15) is 12.4 Å². The van der Waals surface area contributed by atoms with Gasteiger partial charge in [-0.2, -0.15) is 0 Å². The molecule has 2 amide bonds. The molecule has 0 aliphatic heterocycles. The minimum atomic E-state index is -0.415. The highest BCUT2D eigenvalue weighted by Crippen LogP contribution is 2.25. The molecule has 3 aromatic carbocycles. The molecule has 0 bridgehead atoms. The summed E-state index contributed by atoms with van der Waals surface area (Å²) < 4.78 is 16.0. The second-order valence-electron chi connectivity index (χ2n) is 9.25. The first-order valence-electron chi connectivity index (χ1n) is 12.0. The fourth-order valence-electron chi connectivity index (χ4n) is 3.92. The Kier molecular flexibility index (Phi) is 8.04. The highest BCUT2D eigenvalue weighted by Gasteiger charge is 2.22. The van der Waals surface area contributed by atoms with E-state index in [4.69, 9.17) is 11.6 Å². The van der Waals surface area contributed by atoms with Gasteiger partial charge in [-0.3, -0.25) is 19.5 Å². The van der Waals surface area contributed by atoms with Gasteiger partial charge in [0.2, 0.25) is 11.9 Å². The van der Waals surface area contributed by atoms with Crippen molar-refractivity contribution >= 4 is 29.4 Å². The second-order valence-corrected chi connectivity index (χ2v) is 9.69. The van der Waals surface area contributed by atoms with Crippen molar-refractivity contribution in [2.24, 2.45) is 5.92 Å². The molecule has 0 fully saturated rings. The van der Waals surface area contributed by atoms with Crippen LogP contribution in [0.1, 0.15) is 29.8 Å². The zero-order valence-corrected chi connectivity index (χ0v) is 21.7. The smallest absolute Gasteiger partial charge is 0.254 e. The lowest BCUT2D eigenvalue weighted by molar-refractivity contribution is -0.117. The van der Waals surface area contributed by atoms with Crippen molar-refractivity contribution in [2.45, 2.75) is 20.8 Å². The number of carbonyl (C=O) groups excluding carboxylic acids is 2. The molecule has 1 N–H and O–H groups in total. The molecule has 4 aromatic rings. The molecule has 1 heterocycles. The summed E-state index contributed by atoms with van der Waals surface area (Å²) in [5.41, 5.74) is 2.95. The van der Waals surface area contributed by atoms with Gasteiger partial charge in [0.25, 0.3) is 5.91 Å². The third-order valence-corrected chi connectivity index (χ3v) is 6.01. The van der Waals surface area contributed by atoms with E-state index in [1.54, 1.807) is 54.1 Å². The summed E-state index contributed by atoms with van der Waals surface area (Å²) >= 11 is 5.96. The van der Waals surface area contributed by atoms with Crippen LogP contribution in [0.4, 0.5) is 10.3 Å². The Morgan fingerprint density at radius 1 is 1.05 bits per heavy atom. The first-order valence-corrected chi connectivity index (χ1v) is 12.3. The first kappa shape index (κ1) is 26.1. The average Bonchev–Trinajstić information content (AvgIpc) is 3.29. The van der Waals surface area contributed by atoms with Crippen LogP contribution in [0.25, 0.3) is 16.9 Å². The van der Waals surface area contributed by atoms with Crippen LogP contribution < -0.4 is 5.32 Å². The monoisotopic (exact) mass is 518 g/mol. The maximum absolute atomic E-state index is 14.4. The van der Waals surface area contributed by atoms with Gasteiger partial charge in [0.15, 0.2) is 0 Å². The fraction of sp³-hybridized carbons (Fsp3) is 0.207. The lowest BCUT2D eigenvalue weighted by atomic mass is 10.1. The van der Waals surface area contributed by atoms with Gasteiger partial charge in [-0.05, 0) is 54.8 Å². The minimum absolute atomic E-state index is 0.145. The van der Waals surface area contributed by atoms with Crippen LogP contribution >= 0.6 is 11.6 Å². The molecule has 0 atom stereocenters. The number of nitrogens with zero attached hydrogens (tertiary/aromatic N) is 3. The van der Waals surface area contributed by atoms with Crippen molar-refractivity contribution in [1.29, 1.82) is 0 Å². The molecular weight excluding hydrogens is 491 g/mol. The topological polar surface area (TPSA) is 67.2 Å². The number of imidazole rings is 1. The molecule has 6 nitrogen and oxygen atoms in total. The fourth-order valence-corrected chi connectivity index (χ4v) is 4.04. The number of hydrogen-bond donors (Lipinski definition) is 1. The summed E-state index contributed by atoms with van der Waals surface area (Å²) in [5, 5.41) is 3.35. The molecule has 0 aliphatic rings. The highest BCUT2D eigenvalue weighted by molar-refractivity contribution is 6.30. The molecule has 0 spiro atoms. The van der Waals surface area contributed by atoms with Gasteiger partial charge in [-0.25, -0.2) is 9.37 Å². The van der Waals surface area contributed by atoms with Gasteiger partial charge in [-0.1, -0.05) is 61.8 Å². The van der Waals surface area contributed by atoms with Crippen LogP contribution in [0.5, 0.6) is 0 Å². The quantitative estimate of drug-likeness (QED) is 0.294. The number of aromatic nitrogens is 2. The normalized spacial score (nSPS) is 11.0. The van der Waals surface area contributed by atoms with Crippen molar-refractivity contribution in [3.63, 3.8) is 0 Å². The molecular formula is C29H28ClFN4O2. The molecule has 0 unspecified atom stereocenters. The minimum Gasteiger partial charge on any atom is -0.329 e. The zero-order valence-electron chi connectivity index (χ0n) is 20.9. The summed E-state index contributed by atoms with van der Waals surface area (Å²) in [6.45, 7) is 5.86. The number of anilines is 1. The van der Waals surface area contributed by atoms with Crippen molar-refractivity contribution in [3.8, 4) is 16.9 Å². The Balaban J connectivity index is 1.63. The van der Waals surface area contributed by atoms with Crippen molar-refractivity contribution in [3.05, 3.63) is 101 Å². The van der Waals surface area contributed by atoms with E-state index in [9.17, 15) is 14.0 Å². The van der Waals surface area contributed by atoms with Gasteiger partial charge >= 0.3 is 0 Å². The van der Waals surface area contributed by atoms with Gasteiger partial charge in [0, 0.05) is 28.9 Å². The molecule has 0 saturated heterocycles. The summed E-state index contributed by atoms with van der Waals surface area (Å²) in [6, 6.07) is 20.9. The molecule has 4 rings (SSSR count). The van der Waals surface area contributed by atoms with E-state index in [2.05, 4.69) is 10.3 Å². The maximum Gasteiger partial charge on any atom is 0.254 e. The van der Waals surface area contributed by atoms with Gasteiger partial charge < -0.3 is 4.90 Å². The lowest BCUT2D eigenvalue weighted by Gasteiger charge is -2.24. The Morgan fingerprint density at radius 3 is 2.41 bits per heavy atom. The third kappa shape index (κ3) is 6.43. The number of nitrogens with one attached hydrogen (secondary N) is 1. The predicted molar refractivity (Wildman–Crippen MR) is 145 cm³/mol. The third-order valence-electron chi connectivity index (χ3n) is 5.76. The summed E-state index contributed by atoms with van der Waals surface area (Å²) in [7, 11) is 0. The number of rotatable bonds is 8. The second kappa shape index (κ2) is 11.4. The van der Waals surface area contributed by atoms with Crippen LogP contribution in [0.2, 0.25) is 5.02 Å². The molecule has 37 heavy (non-hydrogen) atoms. The van der Waals surface area contributed by atoms with Crippen LogP contribution in [-0.2, 0) is 4.79 Å². The van der Waals surface area contributed by atoms with Gasteiger partial charge in [-0.15, -0.1) is 0 Å². The van der Waals surface area contributed by atoms with E-state index in [1.165, 1.54) is 11.0 Å². The highest BCUT2D eigenvalue weighted by atomic mass is 35.5. The lowest BCUT2D eigenvalue weighted by Crippen LogP contribution is -2.40. The van der Waals surface area contributed by atoms with Crippen LogP contribution in [-0.4, -0.2) is 39.4 Å². The summed E-state index contributed by atoms with van der Waals surface area (Å²) in [6.07, 6.45) is 1.75. The van der Waals surface area contributed by atoms with Crippen LogP contribution in [0, 0.1) is 18.7 Å². The summed E-state index contributed by atoms with van der Waals surface area (Å²) in [4.78, 5) is 32.5. The molecule has 8 heteroatoms. The van der Waals surface area contributed by atoms with E-state index in [0.29, 0.717) is 34.1 Å². The number of amides is 2. The Labute approximate surface area is 220 Å². The molecule has 0 saturated carbocycles. The Hall–Kier alpha value is -3.97. The largest absolute Gasteiger partial charge is 0.329 e. The number of carbonyl (C=O) groups is 2. The van der Waals surface area contributed by atoms with Gasteiger partial charge in [0.05, 0.1) is 11.4 Å². The van der Waals surface area contributed by atoms with E-state index in [0.717, 1.165) is 5.56 Å². The molecule has 0 aliphatic carbocycles. The van der Waals surface area contributed by atoms with E-state index >= 15 is 0 Å². The van der Waals surface area contributed by atoms with E-state index < -0.39 is 5.91 Å². The number of aryl methyl sites for hydroxylation is 1. The van der Waals surface area contributed by atoms with E-state index in [1.807, 2.05) is 44.2 Å². The van der Waals surface area contributed by atoms with Crippen molar-refractivity contribution in [1.82, 2.24) is 14.5 Å². The Bertz CT molecular complexity index is 1400. The average molecular weight is 519 g/mol. The standard InChI is InChI=1S/C29H28ClFN4O2/c1-19(2)16-34(28(37)22-10-12-23(30)13-11-22)18-27(36)33-29-32-26(21-7-5-4-6-8-21)17-35(29)24-14-9-20(3)25(31)15-24/h4-15,17,19H,16,18H2,1-3H3,(H,32,33,36). The molecule has 190 valence electrons. The number of hydrogen-bond acceptors (Lipinski definition) is 3. The van der Waals surface area contributed by atoms with Crippen molar-refractivity contribution < 1.29 is 14.0 Å². The number of halogens is 2. The van der Waals surface area contributed by atoms with Crippen LogP contribution in [0.3, 0.4) is 0 Å².